The average Bonchev–Trinajstić information content (AvgIpc) is 2.75. The number of hydrogen-bond donors (Lipinski definition) is 1. The number of rotatable bonds is 4. The van der Waals surface area contributed by atoms with Crippen LogP contribution < -0.4 is 10.5 Å². The molecule has 2 nitrogen and oxygen atoms in total. The largest absolute Gasteiger partial charge is 0.482 e. The first-order chi connectivity index (χ1) is 8.60. The van der Waals surface area contributed by atoms with Crippen molar-refractivity contribution in [2.45, 2.75) is 6.10 Å². The van der Waals surface area contributed by atoms with E-state index in [1.807, 2.05) is 24.3 Å². The lowest BCUT2D eigenvalue weighted by Crippen LogP contribution is -2.17. The monoisotopic (exact) mass is 365 g/mol. The van der Waals surface area contributed by atoms with Gasteiger partial charge in [-0.15, -0.1) is 11.3 Å². The smallest absolute Gasteiger partial charge is 0.145 e. The van der Waals surface area contributed by atoms with Gasteiger partial charge in [0.25, 0.3) is 0 Å². The molecule has 0 aliphatic carbocycles. The van der Waals surface area contributed by atoms with E-state index in [-0.39, 0.29) is 6.10 Å². The van der Waals surface area contributed by atoms with Gasteiger partial charge < -0.3 is 10.5 Å². The summed E-state index contributed by atoms with van der Waals surface area (Å²) < 4.78 is 7.45. The maximum absolute atomic E-state index is 6.10. The average molecular weight is 367 g/mol. The minimum Gasteiger partial charge on any atom is -0.482 e. The first-order valence-corrected chi connectivity index (χ1v) is 7.53. The Labute approximate surface area is 128 Å². The van der Waals surface area contributed by atoms with Crippen LogP contribution in [0.15, 0.2) is 34.8 Å². The van der Waals surface area contributed by atoms with Crippen LogP contribution >= 0.6 is 50.5 Å². The fraction of sp³-hybridized carbons (Fsp3) is 0.167. The number of ether oxygens (including phenoxy) is 1. The van der Waals surface area contributed by atoms with Crippen LogP contribution in [0.3, 0.4) is 0 Å². The maximum atomic E-state index is 6.10. The molecule has 96 valence electrons. The van der Waals surface area contributed by atoms with Crippen LogP contribution in [0.5, 0.6) is 5.75 Å². The van der Waals surface area contributed by atoms with E-state index in [0.717, 1.165) is 9.35 Å². The van der Waals surface area contributed by atoms with Gasteiger partial charge in [0.1, 0.15) is 11.9 Å². The van der Waals surface area contributed by atoms with Gasteiger partial charge in [0, 0.05) is 15.9 Å². The van der Waals surface area contributed by atoms with Crippen LogP contribution in [0.1, 0.15) is 11.0 Å². The highest BCUT2D eigenvalue weighted by molar-refractivity contribution is 9.10. The predicted octanol–water partition coefficient (Wildman–Crippen LogP) is 4.90. The molecule has 0 saturated carbocycles. The van der Waals surface area contributed by atoms with E-state index < -0.39 is 0 Å². The van der Waals surface area contributed by atoms with Crippen molar-refractivity contribution in [3.05, 3.63) is 49.0 Å². The minimum atomic E-state index is -0.235. The molecule has 0 fully saturated rings. The third-order valence-corrected chi connectivity index (χ3v) is 4.40. The summed E-state index contributed by atoms with van der Waals surface area (Å²) >= 11 is 16.8. The van der Waals surface area contributed by atoms with E-state index in [9.17, 15) is 0 Å². The zero-order valence-electron chi connectivity index (χ0n) is 9.20. The van der Waals surface area contributed by atoms with Gasteiger partial charge in [0.05, 0.1) is 9.36 Å². The second-order valence-corrected chi connectivity index (χ2v) is 6.63. The van der Waals surface area contributed by atoms with Crippen molar-refractivity contribution in [3.8, 4) is 5.75 Å². The van der Waals surface area contributed by atoms with Gasteiger partial charge in [0.15, 0.2) is 0 Å². The fourth-order valence-electron chi connectivity index (χ4n) is 1.45. The van der Waals surface area contributed by atoms with Crippen molar-refractivity contribution in [1.82, 2.24) is 0 Å². The lowest BCUT2D eigenvalue weighted by atomic mass is 10.3. The summed E-state index contributed by atoms with van der Waals surface area (Å²) in [7, 11) is 0. The molecular formula is C12H10BrCl2NOS. The topological polar surface area (TPSA) is 35.2 Å². The Bertz CT molecular complexity index is 547. The van der Waals surface area contributed by atoms with Gasteiger partial charge in [-0.3, -0.25) is 0 Å². The minimum absolute atomic E-state index is 0.235. The van der Waals surface area contributed by atoms with Crippen LogP contribution in [-0.4, -0.2) is 6.54 Å². The molecule has 0 radical (unpaired) electrons. The van der Waals surface area contributed by atoms with E-state index >= 15 is 0 Å². The van der Waals surface area contributed by atoms with Gasteiger partial charge in [-0.25, -0.2) is 0 Å². The van der Waals surface area contributed by atoms with Gasteiger partial charge in [-0.1, -0.05) is 39.1 Å². The molecule has 18 heavy (non-hydrogen) atoms. The molecule has 0 aliphatic rings. The molecule has 2 rings (SSSR count). The summed E-state index contributed by atoms with van der Waals surface area (Å²) in [4.78, 5) is 0.987. The first kappa shape index (κ1) is 14.2. The van der Waals surface area contributed by atoms with Gasteiger partial charge in [-0.05, 0) is 30.3 Å². The van der Waals surface area contributed by atoms with Gasteiger partial charge >= 0.3 is 0 Å². The molecule has 0 amide bonds. The summed E-state index contributed by atoms with van der Waals surface area (Å²) in [6, 6.07) is 9.21. The van der Waals surface area contributed by atoms with Crippen molar-refractivity contribution in [1.29, 1.82) is 0 Å². The highest BCUT2D eigenvalue weighted by atomic mass is 79.9. The highest BCUT2D eigenvalue weighted by Gasteiger charge is 2.15. The molecule has 0 spiro atoms. The van der Waals surface area contributed by atoms with Crippen molar-refractivity contribution >= 4 is 50.5 Å². The molecule has 1 aromatic carbocycles. The molecule has 1 atom stereocenters. The molecule has 6 heteroatoms. The molecule has 1 aromatic heterocycles. The van der Waals surface area contributed by atoms with E-state index in [4.69, 9.17) is 33.7 Å². The Kier molecular flexibility index (Phi) is 4.92. The normalized spacial score (nSPS) is 12.4. The lowest BCUT2D eigenvalue weighted by molar-refractivity contribution is 0.218. The quantitative estimate of drug-likeness (QED) is 0.835. The molecule has 1 heterocycles. The summed E-state index contributed by atoms with van der Waals surface area (Å²) in [5.41, 5.74) is 5.73. The van der Waals surface area contributed by atoms with Crippen molar-refractivity contribution in [3.63, 3.8) is 0 Å². The van der Waals surface area contributed by atoms with Crippen molar-refractivity contribution in [2.24, 2.45) is 5.73 Å². The van der Waals surface area contributed by atoms with Crippen LogP contribution in [0.4, 0.5) is 0 Å². The summed E-state index contributed by atoms with van der Waals surface area (Å²) in [6.45, 7) is 0.364. The fourth-order valence-corrected chi connectivity index (χ4v) is 3.27. The Hall–Kier alpha value is -0.260. The number of benzene rings is 1. The molecule has 2 aromatic rings. The number of hydrogen-bond acceptors (Lipinski definition) is 3. The second-order valence-electron chi connectivity index (χ2n) is 3.56. The van der Waals surface area contributed by atoms with Crippen molar-refractivity contribution < 1.29 is 4.74 Å². The predicted molar refractivity (Wildman–Crippen MR) is 80.9 cm³/mol. The van der Waals surface area contributed by atoms with Crippen LogP contribution in [0.2, 0.25) is 9.36 Å². The number of halogens is 3. The van der Waals surface area contributed by atoms with Crippen LogP contribution in [-0.2, 0) is 0 Å². The zero-order chi connectivity index (χ0) is 13.1. The molecular weight excluding hydrogens is 357 g/mol. The molecule has 0 saturated heterocycles. The molecule has 2 N–H and O–H groups in total. The Morgan fingerprint density at radius 2 is 2.06 bits per heavy atom. The summed E-state index contributed by atoms with van der Waals surface area (Å²) in [6.07, 6.45) is -0.235. The van der Waals surface area contributed by atoms with Crippen LogP contribution in [0.25, 0.3) is 0 Å². The Morgan fingerprint density at radius 3 is 2.61 bits per heavy atom. The second kappa shape index (κ2) is 6.26. The van der Waals surface area contributed by atoms with E-state index in [2.05, 4.69) is 15.9 Å². The standard InChI is InChI=1S/C12H10BrCl2NOS/c13-7-1-2-9(8(14)5-7)17-10(6-16)11-3-4-12(15)18-11/h1-5,10H,6,16H2. The van der Waals surface area contributed by atoms with Gasteiger partial charge in [-0.2, -0.15) is 0 Å². The third kappa shape index (κ3) is 3.39. The Morgan fingerprint density at radius 1 is 1.28 bits per heavy atom. The molecule has 0 aliphatic heterocycles. The molecule has 1 unspecified atom stereocenters. The van der Waals surface area contributed by atoms with E-state index in [1.165, 1.54) is 11.3 Å². The number of nitrogens with two attached hydrogens (primary N) is 1. The number of thiophene rings is 1. The molecule has 0 bridgehead atoms. The highest BCUT2D eigenvalue weighted by Crippen LogP contribution is 2.34. The SMILES string of the molecule is NCC(Oc1ccc(Br)cc1Cl)c1ccc(Cl)s1. The summed E-state index contributed by atoms with van der Waals surface area (Å²) in [5.74, 6) is 0.611. The van der Waals surface area contributed by atoms with E-state index in [0.29, 0.717) is 21.7 Å². The Balaban J connectivity index is 2.20. The van der Waals surface area contributed by atoms with Crippen LogP contribution in [0, 0.1) is 0 Å². The maximum Gasteiger partial charge on any atom is 0.145 e. The van der Waals surface area contributed by atoms with Gasteiger partial charge in [0.2, 0.25) is 0 Å². The first-order valence-electron chi connectivity index (χ1n) is 5.17. The van der Waals surface area contributed by atoms with Crippen molar-refractivity contribution in [2.75, 3.05) is 6.54 Å². The zero-order valence-corrected chi connectivity index (χ0v) is 13.1. The summed E-state index contributed by atoms with van der Waals surface area (Å²) in [5, 5.41) is 0.547. The lowest BCUT2D eigenvalue weighted by Gasteiger charge is -2.17. The van der Waals surface area contributed by atoms with E-state index in [1.54, 1.807) is 6.07 Å². The third-order valence-electron chi connectivity index (χ3n) is 2.29.